The lowest BCUT2D eigenvalue weighted by molar-refractivity contribution is 0.417. The van der Waals surface area contributed by atoms with E-state index in [4.69, 9.17) is 0 Å². The van der Waals surface area contributed by atoms with Crippen LogP contribution >= 0.6 is 0 Å². The molecule has 3 heteroatoms. The Hall–Kier alpha value is -1.32. The van der Waals surface area contributed by atoms with Gasteiger partial charge in [0.05, 0.1) is 0 Å². The summed E-state index contributed by atoms with van der Waals surface area (Å²) in [4.78, 5) is 3.40. The number of hydrogen-bond acceptors (Lipinski definition) is 2. The van der Waals surface area contributed by atoms with Crippen LogP contribution in [0.15, 0.2) is 24.4 Å². The van der Waals surface area contributed by atoms with Crippen LogP contribution in [0.4, 0.5) is 0 Å². The summed E-state index contributed by atoms with van der Waals surface area (Å²) in [5.41, 5.74) is 4.03. The number of para-hydroxylation sites is 1. The van der Waals surface area contributed by atoms with E-state index in [1.54, 1.807) is 0 Å². The van der Waals surface area contributed by atoms with Crippen molar-refractivity contribution in [3.05, 3.63) is 35.5 Å². The lowest BCUT2D eigenvalue weighted by atomic mass is 10.0. The fourth-order valence-corrected chi connectivity index (χ4v) is 2.66. The SMILES string of the molecule is Cc1cccc2c(CC3CNCCN3)c[nH]c12. The maximum absolute atomic E-state index is 3.56. The summed E-state index contributed by atoms with van der Waals surface area (Å²) in [6.07, 6.45) is 3.25. The molecule has 0 aliphatic carbocycles. The quantitative estimate of drug-likeness (QED) is 0.731. The van der Waals surface area contributed by atoms with Gasteiger partial charge in [-0.2, -0.15) is 0 Å². The fourth-order valence-electron chi connectivity index (χ4n) is 2.66. The predicted octanol–water partition coefficient (Wildman–Crippen LogP) is 1.58. The molecular formula is C14H19N3. The standard InChI is InChI=1S/C14H19N3/c1-10-3-2-4-13-11(8-17-14(10)13)7-12-9-15-5-6-16-12/h2-4,8,12,15-17H,5-7,9H2,1H3. The maximum atomic E-state index is 3.56. The van der Waals surface area contributed by atoms with Crippen molar-refractivity contribution in [2.45, 2.75) is 19.4 Å². The Morgan fingerprint density at radius 3 is 3.06 bits per heavy atom. The Morgan fingerprint density at radius 2 is 2.24 bits per heavy atom. The van der Waals surface area contributed by atoms with Crippen LogP contribution in [-0.2, 0) is 6.42 Å². The zero-order valence-electron chi connectivity index (χ0n) is 10.2. The summed E-state index contributed by atoms with van der Waals surface area (Å²) in [5.74, 6) is 0. The number of fused-ring (bicyclic) bond motifs is 1. The van der Waals surface area contributed by atoms with Gasteiger partial charge in [-0.15, -0.1) is 0 Å². The van der Waals surface area contributed by atoms with Gasteiger partial charge < -0.3 is 15.6 Å². The third-order valence-corrected chi connectivity index (χ3v) is 3.60. The number of H-pyrrole nitrogens is 1. The van der Waals surface area contributed by atoms with Crippen molar-refractivity contribution in [2.75, 3.05) is 19.6 Å². The van der Waals surface area contributed by atoms with E-state index in [2.05, 4.69) is 46.9 Å². The molecule has 90 valence electrons. The number of aromatic amines is 1. The first-order valence-electron chi connectivity index (χ1n) is 6.34. The molecule has 1 aromatic carbocycles. The van der Waals surface area contributed by atoms with E-state index in [0.29, 0.717) is 6.04 Å². The van der Waals surface area contributed by atoms with E-state index in [1.807, 2.05) is 0 Å². The summed E-state index contributed by atoms with van der Waals surface area (Å²) in [6.45, 7) is 5.39. The molecular weight excluding hydrogens is 210 g/mol. The van der Waals surface area contributed by atoms with Crippen LogP contribution < -0.4 is 10.6 Å². The normalized spacial score (nSPS) is 20.9. The lowest BCUT2D eigenvalue weighted by Crippen LogP contribution is -2.49. The molecule has 1 atom stereocenters. The third kappa shape index (κ3) is 2.08. The molecule has 0 amide bonds. The minimum Gasteiger partial charge on any atom is -0.361 e. The monoisotopic (exact) mass is 229 g/mol. The molecule has 2 aromatic rings. The van der Waals surface area contributed by atoms with Crippen molar-refractivity contribution in [3.8, 4) is 0 Å². The van der Waals surface area contributed by atoms with Gasteiger partial charge >= 0.3 is 0 Å². The molecule has 0 bridgehead atoms. The van der Waals surface area contributed by atoms with E-state index in [1.165, 1.54) is 22.0 Å². The second-order valence-electron chi connectivity index (χ2n) is 4.87. The van der Waals surface area contributed by atoms with Gasteiger partial charge in [-0.25, -0.2) is 0 Å². The second-order valence-corrected chi connectivity index (χ2v) is 4.87. The minimum absolute atomic E-state index is 0.559. The van der Waals surface area contributed by atoms with Crippen LogP contribution in [-0.4, -0.2) is 30.7 Å². The largest absolute Gasteiger partial charge is 0.361 e. The van der Waals surface area contributed by atoms with Gasteiger partial charge in [0.25, 0.3) is 0 Å². The number of rotatable bonds is 2. The highest BCUT2D eigenvalue weighted by atomic mass is 15.0. The van der Waals surface area contributed by atoms with Crippen molar-refractivity contribution in [2.24, 2.45) is 0 Å². The highest BCUT2D eigenvalue weighted by molar-refractivity contribution is 5.85. The molecule has 3 nitrogen and oxygen atoms in total. The molecule has 1 aromatic heterocycles. The van der Waals surface area contributed by atoms with Gasteiger partial charge in [-0.3, -0.25) is 0 Å². The Bertz CT molecular complexity index is 509. The molecule has 1 aliphatic rings. The van der Waals surface area contributed by atoms with E-state index >= 15 is 0 Å². The van der Waals surface area contributed by atoms with Gasteiger partial charge in [-0.1, -0.05) is 18.2 Å². The Balaban J connectivity index is 1.87. The average molecular weight is 229 g/mol. The summed E-state index contributed by atoms with van der Waals surface area (Å²) < 4.78 is 0. The van der Waals surface area contributed by atoms with Gasteiger partial charge in [0, 0.05) is 42.8 Å². The molecule has 1 unspecified atom stereocenters. The van der Waals surface area contributed by atoms with E-state index in [9.17, 15) is 0 Å². The number of piperazine rings is 1. The van der Waals surface area contributed by atoms with Crippen LogP contribution in [0, 0.1) is 6.92 Å². The topological polar surface area (TPSA) is 39.8 Å². The molecule has 2 heterocycles. The van der Waals surface area contributed by atoms with Crippen LogP contribution in [0.2, 0.25) is 0 Å². The van der Waals surface area contributed by atoms with Crippen LogP contribution in [0.5, 0.6) is 0 Å². The minimum atomic E-state index is 0.559. The van der Waals surface area contributed by atoms with Crippen molar-refractivity contribution in [1.29, 1.82) is 0 Å². The van der Waals surface area contributed by atoms with Crippen molar-refractivity contribution < 1.29 is 0 Å². The molecule has 3 N–H and O–H groups in total. The Labute approximate surface area is 102 Å². The maximum Gasteiger partial charge on any atom is 0.0486 e. The van der Waals surface area contributed by atoms with Crippen molar-refractivity contribution >= 4 is 10.9 Å². The number of benzene rings is 1. The number of nitrogens with one attached hydrogen (secondary N) is 3. The zero-order chi connectivity index (χ0) is 11.7. The molecule has 17 heavy (non-hydrogen) atoms. The summed E-state index contributed by atoms with van der Waals surface area (Å²) in [5, 5.41) is 8.37. The lowest BCUT2D eigenvalue weighted by Gasteiger charge is -2.24. The van der Waals surface area contributed by atoms with Gasteiger partial charge in [0.1, 0.15) is 0 Å². The van der Waals surface area contributed by atoms with Gasteiger partial charge in [0.15, 0.2) is 0 Å². The highest BCUT2D eigenvalue weighted by Gasteiger charge is 2.14. The highest BCUT2D eigenvalue weighted by Crippen LogP contribution is 2.22. The fraction of sp³-hybridized carbons (Fsp3) is 0.429. The number of aryl methyl sites for hydroxylation is 1. The average Bonchev–Trinajstić information content (AvgIpc) is 2.76. The molecule has 1 aliphatic heterocycles. The molecule has 1 saturated heterocycles. The number of aromatic nitrogens is 1. The van der Waals surface area contributed by atoms with Gasteiger partial charge in [-0.05, 0) is 24.5 Å². The summed E-state index contributed by atoms with van der Waals surface area (Å²) >= 11 is 0. The van der Waals surface area contributed by atoms with Crippen molar-refractivity contribution in [1.82, 2.24) is 15.6 Å². The first-order valence-corrected chi connectivity index (χ1v) is 6.34. The van der Waals surface area contributed by atoms with Crippen LogP contribution in [0.1, 0.15) is 11.1 Å². The van der Waals surface area contributed by atoms with E-state index in [-0.39, 0.29) is 0 Å². The molecule has 0 spiro atoms. The second kappa shape index (κ2) is 4.51. The predicted molar refractivity (Wildman–Crippen MR) is 71.4 cm³/mol. The smallest absolute Gasteiger partial charge is 0.0486 e. The molecule has 3 rings (SSSR count). The third-order valence-electron chi connectivity index (χ3n) is 3.60. The molecule has 0 radical (unpaired) electrons. The van der Waals surface area contributed by atoms with Crippen LogP contribution in [0.25, 0.3) is 10.9 Å². The summed E-state index contributed by atoms with van der Waals surface area (Å²) in [7, 11) is 0. The van der Waals surface area contributed by atoms with Gasteiger partial charge in [0.2, 0.25) is 0 Å². The Morgan fingerprint density at radius 1 is 1.29 bits per heavy atom. The van der Waals surface area contributed by atoms with E-state index < -0.39 is 0 Å². The van der Waals surface area contributed by atoms with Crippen LogP contribution in [0.3, 0.4) is 0 Å². The summed E-state index contributed by atoms with van der Waals surface area (Å²) in [6, 6.07) is 7.07. The first kappa shape index (κ1) is 10.8. The van der Waals surface area contributed by atoms with Crippen molar-refractivity contribution in [3.63, 3.8) is 0 Å². The Kier molecular flexibility index (Phi) is 2.87. The first-order chi connectivity index (χ1) is 8.34. The zero-order valence-corrected chi connectivity index (χ0v) is 10.2. The molecule has 1 fully saturated rings. The van der Waals surface area contributed by atoms with E-state index in [0.717, 1.165) is 26.1 Å². The molecule has 0 saturated carbocycles. The number of hydrogen-bond donors (Lipinski definition) is 3.